The third-order valence-electron chi connectivity index (χ3n) is 4.34. The van der Waals surface area contributed by atoms with Crippen LogP contribution in [0.1, 0.15) is 40.0 Å². The number of rotatable bonds is 2. The molecule has 3 rings (SSSR count). The largest absolute Gasteiger partial charge is 0.198 e. The Morgan fingerprint density at radius 2 is 2.36 bits per heavy atom. The number of nitrogens with zero attached hydrogens (tertiary/aromatic N) is 1. The van der Waals surface area contributed by atoms with Crippen molar-refractivity contribution in [2.24, 2.45) is 23.2 Å². The van der Waals surface area contributed by atoms with Gasteiger partial charge in [0.1, 0.15) is 0 Å². The van der Waals surface area contributed by atoms with Crippen LogP contribution in [0.4, 0.5) is 0 Å². The summed E-state index contributed by atoms with van der Waals surface area (Å²) in [5.41, 5.74) is 2.07. The molecule has 3 aliphatic rings. The van der Waals surface area contributed by atoms with Crippen LogP contribution in [0.25, 0.3) is 0 Å². The van der Waals surface area contributed by atoms with Crippen molar-refractivity contribution in [1.82, 2.24) is 0 Å². The van der Waals surface area contributed by atoms with Gasteiger partial charge in [0.2, 0.25) is 0 Å². The van der Waals surface area contributed by atoms with Crippen molar-refractivity contribution in [3.63, 3.8) is 0 Å². The Morgan fingerprint density at radius 3 is 2.86 bits per heavy atom. The fourth-order valence-corrected chi connectivity index (χ4v) is 3.11. The van der Waals surface area contributed by atoms with Crippen LogP contribution in [-0.2, 0) is 0 Å². The molecule has 3 aliphatic carbocycles. The first-order chi connectivity index (χ1) is 6.55. The first-order valence-electron chi connectivity index (χ1n) is 5.64. The second kappa shape index (κ2) is 3.12. The summed E-state index contributed by atoms with van der Waals surface area (Å²) >= 11 is 0. The summed E-state index contributed by atoms with van der Waals surface area (Å²) in [6.45, 7) is 6.80. The van der Waals surface area contributed by atoms with Crippen molar-refractivity contribution in [3.05, 3.63) is 11.6 Å². The summed E-state index contributed by atoms with van der Waals surface area (Å²) in [5, 5.41) is 8.82. The van der Waals surface area contributed by atoms with Crippen LogP contribution in [0.3, 0.4) is 0 Å². The molecule has 0 N–H and O–H groups in total. The van der Waals surface area contributed by atoms with Crippen molar-refractivity contribution in [2.45, 2.75) is 40.0 Å². The second-order valence-corrected chi connectivity index (χ2v) is 5.56. The standard InChI is InChI=1S/C13H19N/c1-9(8-14)6-10-4-5-11-7-12(10)13(11,2)3/h4,9,11-12H,5-7H2,1-3H3/t9?,11-,12+/m1/s1. The summed E-state index contributed by atoms with van der Waals surface area (Å²) in [6.07, 6.45) is 6.02. The van der Waals surface area contributed by atoms with Crippen molar-refractivity contribution < 1.29 is 0 Å². The average Bonchev–Trinajstić information content (AvgIpc) is 2.17. The van der Waals surface area contributed by atoms with Crippen molar-refractivity contribution >= 4 is 0 Å². The Bertz CT molecular complexity index is 306. The van der Waals surface area contributed by atoms with E-state index in [1.165, 1.54) is 12.8 Å². The summed E-state index contributed by atoms with van der Waals surface area (Å²) in [4.78, 5) is 0. The van der Waals surface area contributed by atoms with E-state index in [4.69, 9.17) is 5.26 Å². The molecule has 1 fully saturated rings. The van der Waals surface area contributed by atoms with Crippen molar-refractivity contribution in [3.8, 4) is 6.07 Å². The van der Waals surface area contributed by atoms with Crippen LogP contribution >= 0.6 is 0 Å². The molecule has 0 saturated heterocycles. The van der Waals surface area contributed by atoms with Gasteiger partial charge in [-0.15, -0.1) is 0 Å². The average molecular weight is 189 g/mol. The Balaban J connectivity index is 2.08. The molecular formula is C13H19N. The van der Waals surface area contributed by atoms with Crippen LogP contribution in [0.2, 0.25) is 0 Å². The minimum atomic E-state index is 0.189. The fraction of sp³-hybridized carbons (Fsp3) is 0.769. The maximum atomic E-state index is 8.82. The number of allylic oxidation sites excluding steroid dienone is 2. The maximum absolute atomic E-state index is 8.82. The zero-order valence-corrected chi connectivity index (χ0v) is 9.38. The van der Waals surface area contributed by atoms with E-state index in [-0.39, 0.29) is 5.92 Å². The molecule has 0 aromatic heterocycles. The quantitative estimate of drug-likeness (QED) is 0.610. The van der Waals surface area contributed by atoms with Gasteiger partial charge < -0.3 is 0 Å². The maximum Gasteiger partial charge on any atom is 0.0656 e. The molecule has 0 aromatic rings. The summed E-state index contributed by atoms with van der Waals surface area (Å²) in [7, 11) is 0. The van der Waals surface area contributed by atoms with Crippen molar-refractivity contribution in [1.29, 1.82) is 5.26 Å². The summed E-state index contributed by atoms with van der Waals surface area (Å²) < 4.78 is 0. The van der Waals surface area contributed by atoms with Gasteiger partial charge in [0.05, 0.1) is 6.07 Å². The van der Waals surface area contributed by atoms with Crippen LogP contribution in [-0.4, -0.2) is 0 Å². The van der Waals surface area contributed by atoms with E-state index in [2.05, 4.69) is 26.0 Å². The lowest BCUT2D eigenvalue weighted by Gasteiger charge is -2.56. The van der Waals surface area contributed by atoms with Gasteiger partial charge in [0, 0.05) is 5.92 Å². The van der Waals surface area contributed by atoms with E-state index in [1.807, 2.05) is 6.92 Å². The zero-order valence-electron chi connectivity index (χ0n) is 9.38. The topological polar surface area (TPSA) is 23.8 Å². The molecule has 0 amide bonds. The van der Waals surface area contributed by atoms with Crippen LogP contribution < -0.4 is 0 Å². The molecule has 1 heteroatoms. The third-order valence-corrected chi connectivity index (χ3v) is 4.34. The summed E-state index contributed by atoms with van der Waals surface area (Å²) in [6, 6.07) is 2.34. The Hall–Kier alpha value is -0.770. The van der Waals surface area contributed by atoms with E-state index in [9.17, 15) is 0 Å². The van der Waals surface area contributed by atoms with Crippen LogP contribution in [0, 0.1) is 34.5 Å². The SMILES string of the molecule is CC(C#N)CC1=CC[C@@H]2C[C@@H]1C2(C)C. The Kier molecular flexibility index (Phi) is 2.18. The van der Waals surface area contributed by atoms with Gasteiger partial charge in [-0.05, 0) is 43.4 Å². The highest BCUT2D eigenvalue weighted by atomic mass is 14.5. The zero-order chi connectivity index (χ0) is 10.3. The number of hydrogen-bond acceptors (Lipinski definition) is 1. The van der Waals surface area contributed by atoms with E-state index in [1.54, 1.807) is 5.57 Å². The van der Waals surface area contributed by atoms with Gasteiger partial charge in [-0.25, -0.2) is 0 Å². The van der Waals surface area contributed by atoms with Crippen LogP contribution in [0.5, 0.6) is 0 Å². The lowest BCUT2D eigenvalue weighted by atomic mass is 9.48. The number of fused-ring (bicyclic) bond motifs is 1. The van der Waals surface area contributed by atoms with E-state index in [0.717, 1.165) is 18.3 Å². The summed E-state index contributed by atoms with van der Waals surface area (Å²) in [5.74, 6) is 1.87. The molecule has 0 heterocycles. The van der Waals surface area contributed by atoms with Crippen LogP contribution in [0.15, 0.2) is 11.6 Å². The molecule has 0 aromatic carbocycles. The minimum Gasteiger partial charge on any atom is -0.198 e. The van der Waals surface area contributed by atoms with Gasteiger partial charge in [-0.1, -0.05) is 25.5 Å². The molecule has 1 saturated carbocycles. The second-order valence-electron chi connectivity index (χ2n) is 5.56. The minimum absolute atomic E-state index is 0.189. The smallest absolute Gasteiger partial charge is 0.0656 e. The normalized spacial score (nSPS) is 35.1. The highest BCUT2D eigenvalue weighted by Crippen LogP contribution is 2.60. The van der Waals surface area contributed by atoms with E-state index >= 15 is 0 Å². The Morgan fingerprint density at radius 1 is 1.64 bits per heavy atom. The van der Waals surface area contributed by atoms with Gasteiger partial charge in [-0.3, -0.25) is 0 Å². The highest BCUT2D eigenvalue weighted by molar-refractivity contribution is 5.24. The molecule has 1 unspecified atom stereocenters. The van der Waals surface area contributed by atoms with Gasteiger partial charge in [0.25, 0.3) is 0 Å². The Labute approximate surface area is 86.8 Å². The third kappa shape index (κ3) is 1.29. The predicted octanol–water partition coefficient (Wildman–Crippen LogP) is 3.53. The van der Waals surface area contributed by atoms with Gasteiger partial charge in [0.15, 0.2) is 0 Å². The fourth-order valence-electron chi connectivity index (χ4n) is 3.11. The lowest BCUT2D eigenvalue weighted by Crippen LogP contribution is -2.48. The molecule has 14 heavy (non-hydrogen) atoms. The van der Waals surface area contributed by atoms with E-state index in [0.29, 0.717) is 5.41 Å². The molecule has 1 nitrogen and oxygen atoms in total. The predicted molar refractivity (Wildman–Crippen MR) is 57.5 cm³/mol. The lowest BCUT2D eigenvalue weighted by molar-refractivity contribution is -0.00887. The molecule has 0 aliphatic heterocycles. The molecule has 0 radical (unpaired) electrons. The molecule has 2 bridgehead atoms. The monoisotopic (exact) mass is 189 g/mol. The number of nitriles is 1. The molecule has 76 valence electrons. The molecule has 3 atom stereocenters. The van der Waals surface area contributed by atoms with Gasteiger partial charge in [-0.2, -0.15) is 5.26 Å². The highest BCUT2D eigenvalue weighted by Gasteiger charge is 2.50. The van der Waals surface area contributed by atoms with E-state index < -0.39 is 0 Å². The number of hydrogen-bond donors (Lipinski definition) is 0. The first-order valence-corrected chi connectivity index (χ1v) is 5.64. The molecule has 0 spiro atoms. The van der Waals surface area contributed by atoms with Crippen molar-refractivity contribution in [2.75, 3.05) is 0 Å². The molecular weight excluding hydrogens is 170 g/mol. The first kappa shape index (κ1) is 9.77. The van der Waals surface area contributed by atoms with Gasteiger partial charge >= 0.3 is 0 Å².